The molecule has 0 aliphatic heterocycles. The zero-order valence-electron chi connectivity index (χ0n) is 32.4. The molecule has 8 aliphatic carbocycles. The Morgan fingerprint density at radius 2 is 1.29 bits per heavy atom. The summed E-state index contributed by atoms with van der Waals surface area (Å²) in [6, 6.07) is 0. The molecule has 0 aromatic carbocycles. The van der Waals surface area contributed by atoms with Crippen molar-refractivity contribution in [3.05, 3.63) is 47.1 Å². The molecular formula is C44H56O11. The molecule has 6 fully saturated rings. The number of carbonyl (C=O) groups is 5. The average Bonchev–Trinajstić information content (AvgIpc) is 3.56. The van der Waals surface area contributed by atoms with Crippen LogP contribution in [0.3, 0.4) is 0 Å². The molecule has 11 heteroatoms. The van der Waals surface area contributed by atoms with Crippen LogP contribution in [-0.2, 0) is 28.7 Å². The Morgan fingerprint density at radius 1 is 0.745 bits per heavy atom. The van der Waals surface area contributed by atoms with E-state index in [1.165, 1.54) is 6.08 Å². The lowest BCUT2D eigenvalue weighted by atomic mass is 9.44. The molecular weight excluding hydrogens is 704 g/mol. The second-order valence-electron chi connectivity index (χ2n) is 19.3. The fraction of sp³-hybridized carbons (Fsp3) is 0.705. The van der Waals surface area contributed by atoms with E-state index in [-0.39, 0.29) is 73.3 Å². The standard InChI is InChI=1S/C44H56O11/c1-39-12-9-26(46)15-23(39)5-7-28-30-11-14-44(54,41(30,3)19-32(48)37(28)39)35(51)22-55-36(52)18-25-17-27(47)16-24-6-8-29-31-10-13-43(53,34(50)21-45)40(31,2)20-33(49)38(29)42(24,25)4/h9,12,15-17,28-33,37-38,45,48-49,53-54H,5-8,10-11,13-14,18-22H2,1-4H3/t28?,29-,30?,31-,32?,33?,37?,38+,39-,40-,41-,42+,43-,44-/m0/s1. The lowest BCUT2D eigenvalue weighted by Crippen LogP contribution is -2.62. The zero-order chi connectivity index (χ0) is 39.7. The smallest absolute Gasteiger partial charge is 0.310 e. The normalized spacial score (nSPS) is 48.2. The number of carbonyl (C=O) groups excluding carboxylic acids is 5. The van der Waals surface area contributed by atoms with Gasteiger partial charge in [0.05, 0.1) is 18.6 Å². The summed E-state index contributed by atoms with van der Waals surface area (Å²) in [6.45, 7) is 6.26. The number of rotatable bonds is 7. The van der Waals surface area contributed by atoms with Gasteiger partial charge >= 0.3 is 5.97 Å². The molecule has 0 bridgehead atoms. The predicted octanol–water partition coefficient (Wildman–Crippen LogP) is 3.44. The maximum atomic E-state index is 14.0. The molecule has 0 aromatic heterocycles. The number of allylic oxidation sites excluding steroid dienone is 7. The van der Waals surface area contributed by atoms with E-state index in [9.17, 15) is 49.5 Å². The topological polar surface area (TPSA) is 196 Å². The molecule has 8 aliphatic rings. The first kappa shape index (κ1) is 38.8. The highest BCUT2D eigenvalue weighted by atomic mass is 16.5. The Labute approximate surface area is 322 Å². The quantitative estimate of drug-likeness (QED) is 0.239. The van der Waals surface area contributed by atoms with Gasteiger partial charge in [-0.05, 0) is 118 Å². The first-order chi connectivity index (χ1) is 25.8. The van der Waals surface area contributed by atoms with Crippen LogP contribution in [0.4, 0.5) is 0 Å². The number of ether oxygens (including phenoxy) is 1. The highest BCUT2D eigenvalue weighted by Gasteiger charge is 2.70. The molecule has 6 saturated carbocycles. The minimum Gasteiger partial charge on any atom is -0.457 e. The molecule has 298 valence electrons. The first-order valence-corrected chi connectivity index (χ1v) is 20.3. The maximum Gasteiger partial charge on any atom is 0.310 e. The van der Waals surface area contributed by atoms with Crippen LogP contribution in [0.2, 0.25) is 0 Å². The SMILES string of the molecule is C[C@@]12C(=CC(=O)C=C1CC(=O)OCC(=O)[C@@]1(O)CCC3C4CCC5=CC(=O)C=C[C@]5(C)C4C(O)C[C@@]31C)CC[C@@H]1[C@@H]2C(O)C[C@@]2(C)[C@H]1CC[C@]2(O)C(=O)CO. The monoisotopic (exact) mass is 760 g/mol. The fourth-order valence-electron chi connectivity index (χ4n) is 14.6. The summed E-state index contributed by atoms with van der Waals surface area (Å²) in [7, 11) is 0. The van der Waals surface area contributed by atoms with Crippen LogP contribution >= 0.6 is 0 Å². The number of ketones is 4. The molecule has 0 saturated heterocycles. The molecule has 5 unspecified atom stereocenters. The van der Waals surface area contributed by atoms with E-state index in [2.05, 4.69) is 6.92 Å². The van der Waals surface area contributed by atoms with Crippen LogP contribution in [0.5, 0.6) is 0 Å². The van der Waals surface area contributed by atoms with E-state index in [0.717, 1.165) is 17.6 Å². The van der Waals surface area contributed by atoms with Crippen LogP contribution in [0.25, 0.3) is 0 Å². The lowest BCUT2D eigenvalue weighted by molar-refractivity contribution is -0.181. The lowest BCUT2D eigenvalue weighted by Gasteiger charge is -2.60. The van der Waals surface area contributed by atoms with Gasteiger partial charge in [0.1, 0.15) is 17.8 Å². The van der Waals surface area contributed by atoms with Gasteiger partial charge in [0, 0.05) is 33.5 Å². The summed E-state index contributed by atoms with van der Waals surface area (Å²) < 4.78 is 5.63. The molecule has 55 heavy (non-hydrogen) atoms. The second-order valence-corrected chi connectivity index (χ2v) is 19.3. The molecule has 8 rings (SSSR count). The Bertz CT molecular complexity index is 1870. The molecule has 5 N–H and O–H groups in total. The van der Waals surface area contributed by atoms with E-state index in [0.29, 0.717) is 37.7 Å². The van der Waals surface area contributed by atoms with Gasteiger partial charge in [0.2, 0.25) is 5.78 Å². The van der Waals surface area contributed by atoms with Gasteiger partial charge in [-0.3, -0.25) is 24.0 Å². The van der Waals surface area contributed by atoms with Crippen LogP contribution in [-0.4, -0.2) is 91.3 Å². The van der Waals surface area contributed by atoms with Crippen molar-refractivity contribution in [2.24, 2.45) is 57.2 Å². The van der Waals surface area contributed by atoms with Gasteiger partial charge in [-0.1, -0.05) is 44.9 Å². The number of Topliss-reactive ketones (excluding diaryl/α,β-unsaturated/α-hetero) is 2. The third kappa shape index (κ3) is 5.14. The summed E-state index contributed by atoms with van der Waals surface area (Å²) in [5.74, 6) is -3.18. The van der Waals surface area contributed by atoms with E-state index in [1.807, 2.05) is 26.8 Å². The minimum absolute atomic E-state index is 0.0254. The molecule has 0 heterocycles. The molecule has 0 amide bonds. The van der Waals surface area contributed by atoms with E-state index < -0.39 is 81.7 Å². The van der Waals surface area contributed by atoms with E-state index >= 15 is 0 Å². The van der Waals surface area contributed by atoms with Crippen molar-refractivity contribution in [1.82, 2.24) is 0 Å². The van der Waals surface area contributed by atoms with Crippen molar-refractivity contribution in [2.45, 2.75) is 122 Å². The average molecular weight is 761 g/mol. The third-order valence-corrected chi connectivity index (χ3v) is 17.4. The number of fused-ring (bicyclic) bond motifs is 10. The Kier molecular flexibility index (Phi) is 8.96. The van der Waals surface area contributed by atoms with Crippen LogP contribution in [0.15, 0.2) is 47.1 Å². The fourth-order valence-corrected chi connectivity index (χ4v) is 14.6. The predicted molar refractivity (Wildman–Crippen MR) is 198 cm³/mol. The number of hydrogen-bond acceptors (Lipinski definition) is 11. The highest BCUT2D eigenvalue weighted by Crippen LogP contribution is 2.69. The second kappa shape index (κ2) is 12.7. The van der Waals surface area contributed by atoms with Gasteiger partial charge in [-0.25, -0.2) is 0 Å². The summed E-state index contributed by atoms with van der Waals surface area (Å²) in [6.07, 6.45) is 10.5. The van der Waals surface area contributed by atoms with Gasteiger partial charge in [0.15, 0.2) is 24.0 Å². The Hall–Kier alpha value is -3.09. The summed E-state index contributed by atoms with van der Waals surface area (Å²) >= 11 is 0. The number of esters is 1. The van der Waals surface area contributed by atoms with Crippen LogP contribution in [0.1, 0.15) is 98.3 Å². The van der Waals surface area contributed by atoms with Crippen molar-refractivity contribution in [1.29, 1.82) is 0 Å². The molecule has 0 spiro atoms. The first-order valence-electron chi connectivity index (χ1n) is 20.3. The highest BCUT2D eigenvalue weighted by molar-refractivity contribution is 6.03. The molecule has 14 atom stereocenters. The van der Waals surface area contributed by atoms with Crippen molar-refractivity contribution in [2.75, 3.05) is 13.2 Å². The molecule has 0 aromatic rings. The Morgan fingerprint density at radius 3 is 1.91 bits per heavy atom. The van der Waals surface area contributed by atoms with Crippen LogP contribution in [0, 0.1) is 57.2 Å². The summed E-state index contributed by atoms with van der Waals surface area (Å²) in [5.41, 5.74) is -4.55. The number of hydrogen-bond donors (Lipinski definition) is 5. The maximum absolute atomic E-state index is 14.0. The van der Waals surface area contributed by atoms with Crippen molar-refractivity contribution < 1.29 is 54.2 Å². The minimum atomic E-state index is -1.82. The van der Waals surface area contributed by atoms with Gasteiger partial charge < -0.3 is 30.3 Å². The largest absolute Gasteiger partial charge is 0.457 e. The summed E-state index contributed by atoms with van der Waals surface area (Å²) in [4.78, 5) is 65.7. The van der Waals surface area contributed by atoms with E-state index in [1.54, 1.807) is 18.2 Å². The van der Waals surface area contributed by atoms with Gasteiger partial charge in [-0.15, -0.1) is 0 Å². The van der Waals surface area contributed by atoms with Crippen molar-refractivity contribution in [3.8, 4) is 0 Å². The number of aliphatic hydroxyl groups is 5. The number of aliphatic hydroxyl groups excluding tert-OH is 3. The summed E-state index contributed by atoms with van der Waals surface area (Å²) in [5, 5.41) is 57.1. The van der Waals surface area contributed by atoms with Crippen molar-refractivity contribution >= 4 is 29.1 Å². The molecule has 0 radical (unpaired) electrons. The Balaban J connectivity index is 0.980. The van der Waals surface area contributed by atoms with Crippen molar-refractivity contribution in [3.63, 3.8) is 0 Å². The van der Waals surface area contributed by atoms with Gasteiger partial charge in [0.25, 0.3) is 0 Å². The van der Waals surface area contributed by atoms with E-state index in [4.69, 9.17) is 4.74 Å². The zero-order valence-corrected chi connectivity index (χ0v) is 32.4. The van der Waals surface area contributed by atoms with Crippen LogP contribution < -0.4 is 0 Å². The third-order valence-electron chi connectivity index (χ3n) is 17.4. The van der Waals surface area contributed by atoms with Gasteiger partial charge in [-0.2, -0.15) is 0 Å². The molecule has 11 nitrogen and oxygen atoms in total.